The van der Waals surface area contributed by atoms with Crippen LogP contribution in [0, 0.1) is 0 Å². The van der Waals surface area contributed by atoms with E-state index in [1.54, 1.807) is 18.4 Å². The minimum absolute atomic E-state index is 0.420. The van der Waals surface area contributed by atoms with Gasteiger partial charge in [-0.2, -0.15) is 0 Å². The topological polar surface area (TPSA) is 35.2 Å². The SMILES string of the molecule is COc1ccc(CC(CN)c2cccs2)cc1. The van der Waals surface area contributed by atoms with E-state index in [0.29, 0.717) is 12.5 Å². The highest BCUT2D eigenvalue weighted by Crippen LogP contribution is 2.25. The lowest BCUT2D eigenvalue weighted by Crippen LogP contribution is -2.13. The number of hydrogen-bond donors (Lipinski definition) is 1. The fourth-order valence-corrected chi connectivity index (χ4v) is 2.71. The Morgan fingerprint density at radius 2 is 2.00 bits per heavy atom. The smallest absolute Gasteiger partial charge is 0.118 e. The van der Waals surface area contributed by atoms with Crippen LogP contribution in [-0.4, -0.2) is 13.7 Å². The van der Waals surface area contributed by atoms with Crippen LogP contribution in [0.15, 0.2) is 41.8 Å². The molecule has 2 nitrogen and oxygen atoms in total. The molecule has 1 aromatic carbocycles. The van der Waals surface area contributed by atoms with Gasteiger partial charge in [-0.1, -0.05) is 18.2 Å². The third kappa shape index (κ3) is 3.08. The van der Waals surface area contributed by atoms with Gasteiger partial charge in [0, 0.05) is 17.3 Å². The maximum atomic E-state index is 5.85. The van der Waals surface area contributed by atoms with Crippen LogP contribution >= 0.6 is 11.3 Å². The highest BCUT2D eigenvalue weighted by Gasteiger charge is 2.11. The second-order valence-corrected chi connectivity index (χ2v) is 4.98. The van der Waals surface area contributed by atoms with Crippen LogP contribution in [0.1, 0.15) is 16.4 Å². The van der Waals surface area contributed by atoms with E-state index in [2.05, 4.69) is 29.6 Å². The van der Waals surface area contributed by atoms with Crippen molar-refractivity contribution in [3.8, 4) is 5.75 Å². The summed E-state index contributed by atoms with van der Waals surface area (Å²) < 4.78 is 5.15. The lowest BCUT2D eigenvalue weighted by molar-refractivity contribution is 0.414. The van der Waals surface area contributed by atoms with E-state index in [1.807, 2.05) is 12.1 Å². The molecule has 1 atom stereocenters. The standard InChI is InChI=1S/C14H17NOS/c1-16-13-6-4-11(5-7-13)9-12(10-15)14-3-2-8-17-14/h2-8,12H,9-10,15H2,1H3. The van der Waals surface area contributed by atoms with Crippen molar-refractivity contribution >= 4 is 11.3 Å². The number of thiophene rings is 1. The van der Waals surface area contributed by atoms with E-state index in [1.165, 1.54) is 10.4 Å². The molecular weight excluding hydrogens is 230 g/mol. The monoisotopic (exact) mass is 247 g/mol. The largest absolute Gasteiger partial charge is 0.497 e. The van der Waals surface area contributed by atoms with Crippen LogP contribution in [0.3, 0.4) is 0 Å². The third-order valence-corrected chi connectivity index (χ3v) is 3.91. The number of benzene rings is 1. The first-order valence-electron chi connectivity index (χ1n) is 5.70. The van der Waals surface area contributed by atoms with Crippen LogP contribution in [0.4, 0.5) is 0 Å². The van der Waals surface area contributed by atoms with Gasteiger partial charge in [-0.25, -0.2) is 0 Å². The molecule has 0 aliphatic heterocycles. The Kier molecular flexibility index (Phi) is 4.18. The van der Waals surface area contributed by atoms with Crippen molar-refractivity contribution in [1.82, 2.24) is 0 Å². The van der Waals surface area contributed by atoms with Crippen LogP contribution in [0.5, 0.6) is 5.75 Å². The van der Waals surface area contributed by atoms with Gasteiger partial charge >= 0.3 is 0 Å². The normalized spacial score (nSPS) is 12.4. The zero-order chi connectivity index (χ0) is 12.1. The molecule has 0 amide bonds. The van der Waals surface area contributed by atoms with Crippen LogP contribution < -0.4 is 10.5 Å². The highest BCUT2D eigenvalue weighted by atomic mass is 32.1. The molecule has 17 heavy (non-hydrogen) atoms. The molecule has 90 valence electrons. The molecule has 2 rings (SSSR count). The van der Waals surface area contributed by atoms with E-state index in [4.69, 9.17) is 10.5 Å². The number of rotatable bonds is 5. The number of hydrogen-bond acceptors (Lipinski definition) is 3. The molecule has 0 radical (unpaired) electrons. The average Bonchev–Trinajstić information content (AvgIpc) is 2.90. The van der Waals surface area contributed by atoms with E-state index >= 15 is 0 Å². The van der Waals surface area contributed by atoms with Gasteiger partial charge in [0.25, 0.3) is 0 Å². The van der Waals surface area contributed by atoms with Crippen molar-refractivity contribution in [2.45, 2.75) is 12.3 Å². The third-order valence-electron chi connectivity index (χ3n) is 2.87. The molecule has 3 heteroatoms. The van der Waals surface area contributed by atoms with Gasteiger partial charge in [0.15, 0.2) is 0 Å². The van der Waals surface area contributed by atoms with Gasteiger partial charge in [-0.3, -0.25) is 0 Å². The Labute approximate surface area is 106 Å². The number of methoxy groups -OCH3 is 1. The average molecular weight is 247 g/mol. The van der Waals surface area contributed by atoms with Crippen molar-refractivity contribution < 1.29 is 4.74 Å². The zero-order valence-electron chi connectivity index (χ0n) is 9.93. The van der Waals surface area contributed by atoms with E-state index in [0.717, 1.165) is 12.2 Å². The first-order valence-corrected chi connectivity index (χ1v) is 6.58. The molecule has 0 spiro atoms. The van der Waals surface area contributed by atoms with Crippen LogP contribution in [-0.2, 0) is 6.42 Å². The lowest BCUT2D eigenvalue weighted by atomic mass is 9.98. The summed E-state index contributed by atoms with van der Waals surface area (Å²) in [5, 5.41) is 2.10. The predicted molar refractivity (Wildman–Crippen MR) is 72.8 cm³/mol. The molecule has 0 aliphatic rings. The van der Waals surface area contributed by atoms with Crippen LogP contribution in [0.2, 0.25) is 0 Å². The Bertz CT molecular complexity index is 436. The summed E-state index contributed by atoms with van der Waals surface area (Å²) >= 11 is 1.78. The van der Waals surface area contributed by atoms with Gasteiger partial charge in [-0.15, -0.1) is 11.3 Å². The molecule has 0 bridgehead atoms. The van der Waals surface area contributed by atoms with E-state index < -0.39 is 0 Å². The number of nitrogens with two attached hydrogens (primary N) is 1. The molecular formula is C14H17NOS. The highest BCUT2D eigenvalue weighted by molar-refractivity contribution is 7.10. The molecule has 1 aromatic heterocycles. The van der Waals surface area contributed by atoms with Crippen molar-refractivity contribution in [3.05, 3.63) is 52.2 Å². The Hall–Kier alpha value is -1.32. The van der Waals surface area contributed by atoms with Crippen molar-refractivity contribution in [1.29, 1.82) is 0 Å². The Balaban J connectivity index is 2.07. The van der Waals surface area contributed by atoms with Crippen LogP contribution in [0.25, 0.3) is 0 Å². The molecule has 0 saturated carbocycles. The molecule has 1 unspecified atom stereocenters. The summed E-state index contributed by atoms with van der Waals surface area (Å²) in [5.74, 6) is 1.32. The Morgan fingerprint density at radius 1 is 1.24 bits per heavy atom. The van der Waals surface area contributed by atoms with Crippen molar-refractivity contribution in [2.24, 2.45) is 5.73 Å². The minimum Gasteiger partial charge on any atom is -0.497 e. The molecule has 2 aromatic rings. The second-order valence-electron chi connectivity index (χ2n) is 4.00. The zero-order valence-corrected chi connectivity index (χ0v) is 10.7. The fraction of sp³-hybridized carbons (Fsp3) is 0.286. The predicted octanol–water partition coefficient (Wildman–Crippen LogP) is 3.04. The maximum absolute atomic E-state index is 5.85. The molecule has 0 fully saturated rings. The summed E-state index contributed by atoms with van der Waals surface area (Å²) in [7, 11) is 1.68. The van der Waals surface area contributed by atoms with Gasteiger partial charge in [0.05, 0.1) is 7.11 Å². The molecule has 0 aliphatic carbocycles. The molecule has 1 heterocycles. The van der Waals surface area contributed by atoms with Gasteiger partial charge < -0.3 is 10.5 Å². The Morgan fingerprint density at radius 3 is 2.53 bits per heavy atom. The fourth-order valence-electron chi connectivity index (χ4n) is 1.87. The minimum atomic E-state index is 0.420. The molecule has 2 N–H and O–H groups in total. The van der Waals surface area contributed by atoms with Gasteiger partial charge in [0.1, 0.15) is 5.75 Å². The van der Waals surface area contributed by atoms with Crippen molar-refractivity contribution in [2.75, 3.05) is 13.7 Å². The maximum Gasteiger partial charge on any atom is 0.118 e. The van der Waals surface area contributed by atoms with Gasteiger partial charge in [0.2, 0.25) is 0 Å². The number of ether oxygens (including phenoxy) is 1. The first-order chi connectivity index (χ1) is 8.33. The second kappa shape index (κ2) is 5.84. The summed E-state index contributed by atoms with van der Waals surface area (Å²) in [6, 6.07) is 12.4. The van der Waals surface area contributed by atoms with E-state index in [9.17, 15) is 0 Å². The van der Waals surface area contributed by atoms with Crippen molar-refractivity contribution in [3.63, 3.8) is 0 Å². The molecule has 0 saturated heterocycles. The lowest BCUT2D eigenvalue weighted by Gasteiger charge is -2.13. The summed E-state index contributed by atoms with van der Waals surface area (Å²) in [5.41, 5.74) is 7.15. The summed E-state index contributed by atoms with van der Waals surface area (Å²) in [6.45, 7) is 0.687. The summed E-state index contributed by atoms with van der Waals surface area (Å²) in [4.78, 5) is 1.36. The summed E-state index contributed by atoms with van der Waals surface area (Å²) in [6.07, 6.45) is 0.987. The first kappa shape index (κ1) is 12.1. The van der Waals surface area contributed by atoms with Gasteiger partial charge in [-0.05, 0) is 35.6 Å². The van der Waals surface area contributed by atoms with E-state index in [-0.39, 0.29) is 0 Å². The quantitative estimate of drug-likeness (QED) is 0.881.